The lowest BCUT2D eigenvalue weighted by Crippen LogP contribution is -2.39. The van der Waals surface area contributed by atoms with E-state index in [-0.39, 0.29) is 18.4 Å². The molecule has 0 saturated carbocycles. The fourth-order valence-electron chi connectivity index (χ4n) is 1.68. The molecule has 0 aromatic rings. The lowest BCUT2D eigenvalue weighted by Gasteiger charge is -2.18. The van der Waals surface area contributed by atoms with Gasteiger partial charge in [-0.1, -0.05) is 26.0 Å². The summed E-state index contributed by atoms with van der Waals surface area (Å²) in [7, 11) is 0. The van der Waals surface area contributed by atoms with Crippen LogP contribution in [0.3, 0.4) is 0 Å². The summed E-state index contributed by atoms with van der Waals surface area (Å²) in [6, 6.07) is -0.280. The summed E-state index contributed by atoms with van der Waals surface area (Å²) in [5.41, 5.74) is 0.870. The highest BCUT2D eigenvalue weighted by molar-refractivity contribution is 5.74. The third kappa shape index (κ3) is 9.69. The van der Waals surface area contributed by atoms with Gasteiger partial charge in [-0.15, -0.1) is 0 Å². The molecule has 0 heterocycles. The Morgan fingerprint density at radius 3 is 2.33 bits per heavy atom. The number of hydrogen-bond donors (Lipinski definition) is 3. The second-order valence-corrected chi connectivity index (χ2v) is 5.11. The molecule has 0 bridgehead atoms. The topological polar surface area (TPSA) is 78.4 Å². The third-order valence-electron chi connectivity index (χ3n) is 2.37. The van der Waals surface area contributed by atoms with Crippen molar-refractivity contribution in [3.63, 3.8) is 0 Å². The van der Waals surface area contributed by atoms with E-state index in [1.165, 1.54) is 0 Å². The van der Waals surface area contributed by atoms with Gasteiger partial charge in [0.2, 0.25) is 0 Å². The first-order valence-corrected chi connectivity index (χ1v) is 6.19. The highest BCUT2D eigenvalue weighted by Gasteiger charge is 2.15. The van der Waals surface area contributed by atoms with Gasteiger partial charge in [0.15, 0.2) is 0 Å². The predicted octanol–water partition coefficient (Wildman–Crippen LogP) is 2.00. The molecule has 0 spiro atoms. The summed E-state index contributed by atoms with van der Waals surface area (Å²) in [5.74, 6) is -0.447. The number of carboxylic acid groups (broad SMARTS) is 1. The zero-order valence-corrected chi connectivity index (χ0v) is 11.5. The maximum Gasteiger partial charge on any atom is 0.315 e. The number of hydrogen-bond acceptors (Lipinski definition) is 2. The van der Waals surface area contributed by atoms with Gasteiger partial charge >= 0.3 is 12.0 Å². The molecule has 0 aliphatic heterocycles. The number of nitrogens with one attached hydrogen (secondary N) is 2. The van der Waals surface area contributed by atoms with Crippen LogP contribution in [0.2, 0.25) is 0 Å². The molecule has 5 heteroatoms. The predicted molar refractivity (Wildman–Crippen MR) is 71.4 cm³/mol. The van der Waals surface area contributed by atoms with Crippen molar-refractivity contribution in [3.8, 4) is 0 Å². The third-order valence-corrected chi connectivity index (χ3v) is 2.37. The Hall–Kier alpha value is -1.52. The van der Waals surface area contributed by atoms with Gasteiger partial charge in [-0.05, 0) is 25.2 Å². The van der Waals surface area contributed by atoms with E-state index in [4.69, 9.17) is 5.11 Å². The van der Waals surface area contributed by atoms with Gasteiger partial charge in [0.1, 0.15) is 0 Å². The molecule has 0 aliphatic rings. The van der Waals surface area contributed by atoms with Crippen LogP contribution in [0, 0.1) is 11.8 Å². The Morgan fingerprint density at radius 2 is 1.89 bits per heavy atom. The van der Waals surface area contributed by atoms with Gasteiger partial charge < -0.3 is 15.7 Å². The second kappa shape index (κ2) is 8.55. The summed E-state index contributed by atoms with van der Waals surface area (Å²) in [5, 5.41) is 14.1. The Balaban J connectivity index is 4.04. The number of urea groups is 1. The molecule has 0 radical (unpaired) electrons. The van der Waals surface area contributed by atoms with E-state index >= 15 is 0 Å². The first-order valence-electron chi connectivity index (χ1n) is 6.19. The first-order chi connectivity index (χ1) is 8.31. The van der Waals surface area contributed by atoms with Gasteiger partial charge in [0.05, 0.1) is 0 Å². The normalized spacial score (nSPS) is 12.0. The number of amides is 2. The number of rotatable bonds is 8. The fourth-order valence-corrected chi connectivity index (χ4v) is 1.68. The molecule has 1 atom stereocenters. The first kappa shape index (κ1) is 16.5. The van der Waals surface area contributed by atoms with E-state index in [0.717, 1.165) is 12.0 Å². The monoisotopic (exact) mass is 256 g/mol. The maximum atomic E-state index is 11.4. The quantitative estimate of drug-likeness (QED) is 0.581. The van der Waals surface area contributed by atoms with Crippen LogP contribution in [0.5, 0.6) is 0 Å². The van der Waals surface area contributed by atoms with Crippen LogP contribution in [0.25, 0.3) is 0 Å². The summed E-state index contributed by atoms with van der Waals surface area (Å²) in [6.45, 7) is 10.4. The van der Waals surface area contributed by atoms with Gasteiger partial charge in [-0.2, -0.15) is 0 Å². The molecular weight excluding hydrogens is 232 g/mol. The SMILES string of the molecule is C=C(C)CNC(=O)NC[C@H](CC(=O)O)CC(C)C. The molecule has 0 fully saturated rings. The van der Waals surface area contributed by atoms with Crippen LogP contribution in [0.15, 0.2) is 12.2 Å². The largest absolute Gasteiger partial charge is 0.481 e. The molecule has 104 valence electrons. The van der Waals surface area contributed by atoms with Crippen molar-refractivity contribution >= 4 is 12.0 Å². The average Bonchev–Trinajstić information content (AvgIpc) is 2.21. The second-order valence-electron chi connectivity index (χ2n) is 5.11. The summed E-state index contributed by atoms with van der Waals surface area (Å²) < 4.78 is 0. The van der Waals surface area contributed by atoms with Crippen LogP contribution in [0.1, 0.15) is 33.6 Å². The Kier molecular flexibility index (Phi) is 7.83. The molecule has 0 aromatic heterocycles. The standard InChI is InChI=1S/C13H24N2O3/c1-9(2)5-11(6-12(16)17)8-15-13(18)14-7-10(3)4/h9,11H,3,5-8H2,1-2,4H3,(H,16,17)(H2,14,15,18)/t11-/m0/s1. The minimum atomic E-state index is -0.829. The van der Waals surface area contributed by atoms with Gasteiger partial charge in [-0.25, -0.2) is 4.79 Å². The highest BCUT2D eigenvalue weighted by atomic mass is 16.4. The number of carboxylic acids is 1. The van der Waals surface area contributed by atoms with E-state index in [1.54, 1.807) is 0 Å². The summed E-state index contributed by atoms with van der Waals surface area (Å²) >= 11 is 0. The molecule has 5 nitrogen and oxygen atoms in total. The van der Waals surface area contributed by atoms with E-state index in [1.807, 2.05) is 20.8 Å². The molecule has 0 rings (SSSR count). The Morgan fingerprint density at radius 1 is 1.28 bits per heavy atom. The van der Waals surface area contributed by atoms with Crippen molar-refractivity contribution < 1.29 is 14.7 Å². The van der Waals surface area contributed by atoms with E-state index < -0.39 is 5.97 Å². The van der Waals surface area contributed by atoms with Crippen molar-refractivity contribution in [2.24, 2.45) is 11.8 Å². The van der Waals surface area contributed by atoms with Crippen LogP contribution in [0.4, 0.5) is 4.79 Å². The van der Waals surface area contributed by atoms with Crippen molar-refractivity contribution in [2.45, 2.75) is 33.6 Å². The molecule has 3 N–H and O–H groups in total. The zero-order chi connectivity index (χ0) is 14.1. The van der Waals surface area contributed by atoms with Gasteiger partial charge in [0.25, 0.3) is 0 Å². The van der Waals surface area contributed by atoms with Crippen LogP contribution in [-0.4, -0.2) is 30.2 Å². The van der Waals surface area contributed by atoms with E-state index in [0.29, 0.717) is 19.0 Å². The molecule has 0 unspecified atom stereocenters. The average molecular weight is 256 g/mol. The molecule has 0 aliphatic carbocycles. The lowest BCUT2D eigenvalue weighted by atomic mass is 9.94. The van der Waals surface area contributed by atoms with Gasteiger partial charge in [0, 0.05) is 19.5 Å². The van der Waals surface area contributed by atoms with Crippen molar-refractivity contribution in [3.05, 3.63) is 12.2 Å². The molecular formula is C13H24N2O3. The summed E-state index contributed by atoms with van der Waals surface area (Å²) in [6.07, 6.45) is 0.867. The fraction of sp³-hybridized carbons (Fsp3) is 0.692. The molecule has 0 saturated heterocycles. The van der Waals surface area contributed by atoms with E-state index in [2.05, 4.69) is 17.2 Å². The van der Waals surface area contributed by atoms with E-state index in [9.17, 15) is 9.59 Å². The number of carbonyl (C=O) groups excluding carboxylic acids is 1. The molecule has 18 heavy (non-hydrogen) atoms. The maximum absolute atomic E-state index is 11.4. The Bertz CT molecular complexity index is 301. The zero-order valence-electron chi connectivity index (χ0n) is 11.5. The molecule has 0 aromatic carbocycles. The minimum Gasteiger partial charge on any atom is -0.481 e. The smallest absolute Gasteiger partial charge is 0.315 e. The number of aliphatic carboxylic acids is 1. The van der Waals surface area contributed by atoms with Crippen LogP contribution in [-0.2, 0) is 4.79 Å². The molecule has 2 amide bonds. The number of carbonyl (C=O) groups is 2. The van der Waals surface area contributed by atoms with Crippen LogP contribution >= 0.6 is 0 Å². The lowest BCUT2D eigenvalue weighted by molar-refractivity contribution is -0.138. The van der Waals surface area contributed by atoms with Crippen molar-refractivity contribution in [1.82, 2.24) is 10.6 Å². The summed E-state index contributed by atoms with van der Waals surface area (Å²) in [4.78, 5) is 22.1. The van der Waals surface area contributed by atoms with Crippen molar-refractivity contribution in [1.29, 1.82) is 0 Å². The highest BCUT2D eigenvalue weighted by Crippen LogP contribution is 2.14. The van der Waals surface area contributed by atoms with Crippen molar-refractivity contribution in [2.75, 3.05) is 13.1 Å². The van der Waals surface area contributed by atoms with Gasteiger partial charge in [-0.3, -0.25) is 4.79 Å². The Labute approximate surface area is 109 Å². The minimum absolute atomic E-state index is 0.0296. The van der Waals surface area contributed by atoms with Crippen LogP contribution < -0.4 is 10.6 Å².